The van der Waals surface area contributed by atoms with Crippen molar-refractivity contribution in [1.82, 2.24) is 9.88 Å². The predicted molar refractivity (Wildman–Crippen MR) is 123 cm³/mol. The lowest BCUT2D eigenvalue weighted by Gasteiger charge is -2.31. The molecule has 0 aliphatic carbocycles. The minimum atomic E-state index is -3.67. The van der Waals surface area contributed by atoms with Crippen LogP contribution in [0.25, 0.3) is 0 Å². The summed E-state index contributed by atoms with van der Waals surface area (Å²) in [5.41, 5.74) is 1.65. The van der Waals surface area contributed by atoms with Gasteiger partial charge in [-0.3, -0.25) is 8.98 Å². The quantitative estimate of drug-likeness (QED) is 0.502. The van der Waals surface area contributed by atoms with E-state index in [1.165, 1.54) is 7.11 Å². The van der Waals surface area contributed by atoms with Gasteiger partial charge in [-0.15, -0.1) is 0 Å². The van der Waals surface area contributed by atoms with E-state index in [1.54, 1.807) is 18.2 Å². The van der Waals surface area contributed by atoms with Crippen LogP contribution in [0.4, 0.5) is 11.4 Å². The number of carbonyl (C=O) groups is 1. The largest absolute Gasteiger partial charge is 0.491 e. The number of aromatic nitrogens is 1. The summed E-state index contributed by atoms with van der Waals surface area (Å²) in [6, 6.07) is 7.42. The molecule has 0 radical (unpaired) electrons. The molecule has 3 heterocycles. The van der Waals surface area contributed by atoms with Gasteiger partial charge in [-0.25, -0.2) is 4.98 Å². The van der Waals surface area contributed by atoms with Crippen molar-refractivity contribution in [3.63, 3.8) is 0 Å². The fraction of sp³-hybridized carbons (Fsp3) is 0.455. The van der Waals surface area contributed by atoms with Gasteiger partial charge in [0.1, 0.15) is 30.8 Å². The maximum atomic E-state index is 12.2. The Bertz CT molecular complexity index is 1160. The Morgan fingerprint density at radius 1 is 1.21 bits per heavy atom. The molecule has 0 spiro atoms. The second-order valence-corrected chi connectivity index (χ2v) is 9.51. The van der Waals surface area contributed by atoms with E-state index in [0.29, 0.717) is 50.0 Å². The van der Waals surface area contributed by atoms with E-state index < -0.39 is 16.7 Å². The van der Waals surface area contributed by atoms with Crippen molar-refractivity contribution < 1.29 is 36.3 Å². The van der Waals surface area contributed by atoms with Gasteiger partial charge in [-0.2, -0.15) is 8.42 Å². The minimum Gasteiger partial charge on any atom is -0.491 e. The van der Waals surface area contributed by atoms with Crippen LogP contribution in [-0.2, 0) is 19.1 Å². The molecule has 1 atom stereocenters. The lowest BCUT2D eigenvalue weighted by atomic mass is 10.2. The van der Waals surface area contributed by atoms with Crippen molar-refractivity contribution in [2.45, 2.75) is 12.5 Å². The Hall–Kier alpha value is -3.25. The van der Waals surface area contributed by atoms with Crippen molar-refractivity contribution in [3.05, 3.63) is 30.5 Å². The second kappa shape index (κ2) is 9.94. The van der Waals surface area contributed by atoms with Crippen LogP contribution in [0.15, 0.2) is 30.5 Å². The van der Waals surface area contributed by atoms with Crippen LogP contribution < -0.4 is 23.8 Å². The first kappa shape index (κ1) is 23.9. The number of carbonyl (C=O) groups excluding carboxylic acids is 1. The summed E-state index contributed by atoms with van der Waals surface area (Å²) in [7, 11) is -0.574. The van der Waals surface area contributed by atoms with Crippen LogP contribution in [0.5, 0.6) is 23.1 Å². The van der Waals surface area contributed by atoms with Crippen molar-refractivity contribution in [1.29, 1.82) is 0 Å². The van der Waals surface area contributed by atoms with E-state index in [0.717, 1.165) is 23.4 Å². The van der Waals surface area contributed by atoms with E-state index in [2.05, 4.69) is 14.1 Å². The first-order chi connectivity index (χ1) is 16.3. The van der Waals surface area contributed by atoms with Gasteiger partial charge in [0.25, 0.3) is 16.0 Å². The van der Waals surface area contributed by atoms with Gasteiger partial charge in [0, 0.05) is 25.1 Å². The van der Waals surface area contributed by atoms with Gasteiger partial charge in [-0.1, -0.05) is 0 Å². The summed E-state index contributed by atoms with van der Waals surface area (Å²) in [6.07, 6.45) is 3.03. The van der Waals surface area contributed by atoms with E-state index in [9.17, 15) is 13.2 Å². The minimum absolute atomic E-state index is 0.221. The molecule has 1 aromatic carbocycles. The molecule has 4 rings (SSSR count). The summed E-state index contributed by atoms with van der Waals surface area (Å²) in [5.74, 6) is 1.89. The number of hydrogen-bond donors (Lipinski definition) is 0. The number of methoxy groups -OCH3 is 2. The van der Waals surface area contributed by atoms with E-state index >= 15 is 0 Å². The highest BCUT2D eigenvalue weighted by atomic mass is 32.2. The average Bonchev–Trinajstić information content (AvgIpc) is 3.29. The third-order valence-corrected chi connectivity index (χ3v) is 6.07. The fourth-order valence-corrected chi connectivity index (χ4v) is 4.21. The first-order valence-corrected chi connectivity index (χ1v) is 12.5. The average molecular weight is 494 g/mol. The summed E-state index contributed by atoms with van der Waals surface area (Å²) in [6.45, 7) is 1.43. The number of pyridine rings is 1. The first-order valence-electron chi connectivity index (χ1n) is 10.7. The Balaban J connectivity index is 1.47. The van der Waals surface area contributed by atoms with Crippen LogP contribution in [-0.4, -0.2) is 83.6 Å². The molecular formula is C22H27N3O8S. The highest BCUT2D eigenvalue weighted by Crippen LogP contribution is 2.41. The maximum absolute atomic E-state index is 12.2. The molecule has 2 aliphatic rings. The topological polar surface area (TPSA) is 117 Å². The Morgan fingerprint density at radius 3 is 2.76 bits per heavy atom. The number of ether oxygens (including phenoxy) is 4. The lowest BCUT2D eigenvalue weighted by Crippen LogP contribution is -2.34. The molecular weight excluding hydrogens is 466 g/mol. The molecule has 1 saturated heterocycles. The number of anilines is 2. The number of rotatable bonds is 8. The molecule has 1 aromatic heterocycles. The molecule has 0 unspecified atom stereocenters. The Morgan fingerprint density at radius 2 is 2.03 bits per heavy atom. The zero-order chi connectivity index (χ0) is 24.3. The number of likely N-dealkylation sites (tertiary alicyclic amines) is 1. The molecule has 12 heteroatoms. The SMILES string of the molecule is COc1cc(N2CCOc3ccc(O[C@H]4CCN(C(=O)COS(C)(=O)=O)C4)cc32)cnc1OC. The van der Waals surface area contributed by atoms with Gasteiger partial charge < -0.3 is 28.7 Å². The van der Waals surface area contributed by atoms with Crippen molar-refractivity contribution in [2.24, 2.45) is 0 Å². The zero-order valence-corrected chi connectivity index (χ0v) is 20.0. The standard InChI is InChI=1S/C22H27N3O8S/c1-29-20-10-15(12-23-22(20)30-2)25-8-9-31-19-5-4-16(11-18(19)25)33-17-6-7-24(13-17)21(26)14-32-34(3,27)28/h4-5,10-12,17H,6-9,13-14H2,1-3H3/t17-/m0/s1. The molecule has 0 N–H and O–H groups in total. The van der Waals surface area contributed by atoms with Crippen molar-refractivity contribution in [2.75, 3.05) is 58.2 Å². The Kier molecular flexibility index (Phi) is 6.98. The highest BCUT2D eigenvalue weighted by molar-refractivity contribution is 7.86. The molecule has 184 valence electrons. The number of benzene rings is 1. The fourth-order valence-electron chi connectivity index (χ4n) is 3.90. The number of amides is 1. The molecule has 2 aromatic rings. The molecule has 11 nitrogen and oxygen atoms in total. The van der Waals surface area contributed by atoms with Crippen molar-refractivity contribution >= 4 is 27.4 Å². The smallest absolute Gasteiger partial charge is 0.264 e. The Labute approximate surface area is 198 Å². The predicted octanol–water partition coefficient (Wildman–Crippen LogP) is 1.59. The monoisotopic (exact) mass is 493 g/mol. The highest BCUT2D eigenvalue weighted by Gasteiger charge is 2.29. The third-order valence-electron chi connectivity index (χ3n) is 5.52. The number of nitrogens with zero attached hydrogens (tertiary/aromatic N) is 3. The van der Waals surface area contributed by atoms with E-state index in [-0.39, 0.29) is 12.0 Å². The summed E-state index contributed by atoms with van der Waals surface area (Å²) >= 11 is 0. The van der Waals surface area contributed by atoms with Crippen molar-refractivity contribution in [3.8, 4) is 23.1 Å². The summed E-state index contributed by atoms with van der Waals surface area (Å²) in [4.78, 5) is 20.1. The lowest BCUT2D eigenvalue weighted by molar-refractivity contribution is -0.132. The molecule has 0 bridgehead atoms. The van der Waals surface area contributed by atoms with Crippen LogP contribution in [0.1, 0.15) is 6.42 Å². The molecule has 2 aliphatic heterocycles. The summed E-state index contributed by atoms with van der Waals surface area (Å²) < 4.78 is 49.4. The molecule has 34 heavy (non-hydrogen) atoms. The maximum Gasteiger partial charge on any atom is 0.264 e. The van der Waals surface area contributed by atoms with Gasteiger partial charge >= 0.3 is 0 Å². The van der Waals surface area contributed by atoms with Gasteiger partial charge in [0.05, 0.1) is 51.1 Å². The molecule has 1 fully saturated rings. The van der Waals surface area contributed by atoms with Crippen LogP contribution in [0, 0.1) is 0 Å². The van der Waals surface area contributed by atoms with E-state index in [1.807, 2.05) is 24.3 Å². The molecule has 0 saturated carbocycles. The van der Waals surface area contributed by atoms with Gasteiger partial charge in [-0.05, 0) is 12.1 Å². The van der Waals surface area contributed by atoms with Gasteiger partial charge in [0.2, 0.25) is 5.91 Å². The van der Waals surface area contributed by atoms with E-state index in [4.69, 9.17) is 18.9 Å². The van der Waals surface area contributed by atoms with Crippen LogP contribution in [0.3, 0.4) is 0 Å². The third kappa shape index (κ3) is 5.45. The summed E-state index contributed by atoms with van der Waals surface area (Å²) in [5, 5.41) is 0. The number of fused-ring (bicyclic) bond motifs is 1. The zero-order valence-electron chi connectivity index (χ0n) is 19.2. The number of hydrogen-bond acceptors (Lipinski definition) is 10. The van der Waals surface area contributed by atoms with Crippen LogP contribution in [0.2, 0.25) is 0 Å². The molecule has 1 amide bonds. The van der Waals surface area contributed by atoms with Gasteiger partial charge in [0.15, 0.2) is 5.75 Å². The normalized spacial score (nSPS) is 17.7. The second-order valence-electron chi connectivity index (χ2n) is 7.87. The van der Waals surface area contributed by atoms with Crippen LogP contribution >= 0.6 is 0 Å².